The minimum atomic E-state index is -0.962. The van der Waals surface area contributed by atoms with Crippen LogP contribution >= 0.6 is 11.6 Å². The standard InChI is InChI=1S/C13H17ClN2O4/c1-20-6-2-3-11(13(18)19)16-8-4-5-9(12(15)17)10(14)7-8/h4-5,7,11,16H,2-3,6H2,1H3,(H2,15,17)(H,18,19). The molecule has 6 nitrogen and oxygen atoms in total. The number of carbonyl (C=O) groups is 2. The molecule has 7 heteroatoms. The highest BCUT2D eigenvalue weighted by molar-refractivity contribution is 6.34. The number of ether oxygens (including phenoxy) is 1. The highest BCUT2D eigenvalue weighted by atomic mass is 35.5. The molecule has 20 heavy (non-hydrogen) atoms. The van der Waals surface area contributed by atoms with Gasteiger partial charge in [-0.1, -0.05) is 11.6 Å². The largest absolute Gasteiger partial charge is 0.480 e. The molecule has 4 N–H and O–H groups in total. The van der Waals surface area contributed by atoms with E-state index < -0.39 is 17.9 Å². The lowest BCUT2D eigenvalue weighted by molar-refractivity contribution is -0.138. The van der Waals surface area contributed by atoms with Crippen LogP contribution in [0.4, 0.5) is 5.69 Å². The third-order valence-corrected chi connectivity index (χ3v) is 3.03. The zero-order valence-electron chi connectivity index (χ0n) is 11.1. The average molecular weight is 301 g/mol. The summed E-state index contributed by atoms with van der Waals surface area (Å²) in [6.45, 7) is 0.493. The summed E-state index contributed by atoms with van der Waals surface area (Å²) in [5.74, 6) is -1.59. The van der Waals surface area contributed by atoms with Crippen LogP contribution in [0.2, 0.25) is 5.02 Å². The molecule has 0 fully saturated rings. The van der Waals surface area contributed by atoms with Crippen LogP contribution in [0, 0.1) is 0 Å². The van der Waals surface area contributed by atoms with Gasteiger partial charge in [0.25, 0.3) is 0 Å². The first-order chi connectivity index (χ1) is 9.45. The Kier molecular flexibility index (Phi) is 6.27. The first-order valence-corrected chi connectivity index (χ1v) is 6.41. The van der Waals surface area contributed by atoms with E-state index >= 15 is 0 Å². The molecule has 1 aromatic carbocycles. The number of benzene rings is 1. The number of halogens is 1. The lowest BCUT2D eigenvalue weighted by Gasteiger charge is -2.16. The van der Waals surface area contributed by atoms with Crippen molar-refractivity contribution in [3.63, 3.8) is 0 Å². The van der Waals surface area contributed by atoms with Crippen molar-refractivity contribution in [3.05, 3.63) is 28.8 Å². The normalized spacial score (nSPS) is 11.9. The van der Waals surface area contributed by atoms with E-state index in [4.69, 9.17) is 27.2 Å². The van der Waals surface area contributed by atoms with E-state index in [1.807, 2.05) is 0 Å². The van der Waals surface area contributed by atoms with E-state index in [1.165, 1.54) is 12.1 Å². The molecule has 1 unspecified atom stereocenters. The fourth-order valence-electron chi connectivity index (χ4n) is 1.70. The number of hydrogen-bond acceptors (Lipinski definition) is 4. The van der Waals surface area contributed by atoms with Crippen molar-refractivity contribution in [2.24, 2.45) is 5.73 Å². The number of nitrogens with two attached hydrogens (primary N) is 1. The number of methoxy groups -OCH3 is 1. The molecule has 1 aromatic rings. The first kappa shape index (κ1) is 16.3. The number of aliphatic carboxylic acids is 1. The van der Waals surface area contributed by atoms with Gasteiger partial charge in [-0.15, -0.1) is 0 Å². The number of primary amides is 1. The summed E-state index contributed by atoms with van der Waals surface area (Å²) in [7, 11) is 1.56. The number of anilines is 1. The van der Waals surface area contributed by atoms with Crippen molar-refractivity contribution in [3.8, 4) is 0 Å². The maximum Gasteiger partial charge on any atom is 0.326 e. The highest BCUT2D eigenvalue weighted by Crippen LogP contribution is 2.21. The molecule has 0 spiro atoms. The predicted molar refractivity (Wildman–Crippen MR) is 76.1 cm³/mol. The Hall–Kier alpha value is -1.79. The van der Waals surface area contributed by atoms with Crippen molar-refractivity contribution in [2.45, 2.75) is 18.9 Å². The maximum absolute atomic E-state index is 11.1. The second-order valence-corrected chi connectivity index (χ2v) is 4.64. The predicted octanol–water partition coefficient (Wildman–Crippen LogP) is 1.73. The monoisotopic (exact) mass is 300 g/mol. The van der Waals surface area contributed by atoms with Gasteiger partial charge in [-0.3, -0.25) is 4.79 Å². The van der Waals surface area contributed by atoms with Gasteiger partial charge in [0.1, 0.15) is 6.04 Å². The Bertz CT molecular complexity index is 493. The van der Waals surface area contributed by atoms with Crippen LogP contribution in [-0.4, -0.2) is 36.7 Å². The van der Waals surface area contributed by atoms with E-state index in [9.17, 15) is 9.59 Å². The fraction of sp³-hybridized carbons (Fsp3) is 0.385. The molecule has 0 aromatic heterocycles. The van der Waals surface area contributed by atoms with Gasteiger partial charge in [0.15, 0.2) is 0 Å². The van der Waals surface area contributed by atoms with Gasteiger partial charge >= 0.3 is 5.97 Å². The number of nitrogens with one attached hydrogen (secondary N) is 1. The Labute approximate surface area is 121 Å². The van der Waals surface area contributed by atoms with E-state index in [-0.39, 0.29) is 10.6 Å². The summed E-state index contributed by atoms with van der Waals surface area (Å²) in [6, 6.07) is 3.76. The summed E-state index contributed by atoms with van der Waals surface area (Å²) in [5, 5.41) is 12.2. The minimum Gasteiger partial charge on any atom is -0.480 e. The van der Waals surface area contributed by atoms with Crippen LogP contribution in [0.1, 0.15) is 23.2 Å². The average Bonchev–Trinajstić information content (AvgIpc) is 2.37. The summed E-state index contributed by atoms with van der Waals surface area (Å²) >= 11 is 5.91. The summed E-state index contributed by atoms with van der Waals surface area (Å²) in [5.41, 5.74) is 5.86. The van der Waals surface area contributed by atoms with Gasteiger partial charge < -0.3 is 20.9 Å². The second kappa shape index (κ2) is 7.72. The highest BCUT2D eigenvalue weighted by Gasteiger charge is 2.17. The lowest BCUT2D eigenvalue weighted by Crippen LogP contribution is -2.29. The van der Waals surface area contributed by atoms with E-state index in [2.05, 4.69) is 5.32 Å². The van der Waals surface area contributed by atoms with Gasteiger partial charge in [-0.2, -0.15) is 0 Å². The summed E-state index contributed by atoms with van der Waals surface area (Å²) in [6.07, 6.45) is 1.03. The topological polar surface area (TPSA) is 102 Å². The maximum atomic E-state index is 11.1. The van der Waals surface area contributed by atoms with Crippen LogP contribution < -0.4 is 11.1 Å². The molecule has 110 valence electrons. The second-order valence-electron chi connectivity index (χ2n) is 4.23. The van der Waals surface area contributed by atoms with Crippen molar-refractivity contribution in [1.82, 2.24) is 0 Å². The van der Waals surface area contributed by atoms with Gasteiger partial charge in [0.05, 0.1) is 10.6 Å². The molecule has 0 aliphatic carbocycles. The van der Waals surface area contributed by atoms with E-state index in [0.717, 1.165) is 0 Å². The molecule has 0 aliphatic rings. The van der Waals surface area contributed by atoms with Crippen molar-refractivity contribution < 1.29 is 19.4 Å². The molecule has 0 radical (unpaired) electrons. The molecule has 0 heterocycles. The van der Waals surface area contributed by atoms with E-state index in [1.54, 1.807) is 13.2 Å². The Morgan fingerprint density at radius 3 is 2.70 bits per heavy atom. The van der Waals surface area contributed by atoms with E-state index in [0.29, 0.717) is 25.1 Å². The molecule has 1 amide bonds. The molecule has 0 aliphatic heterocycles. The molecule has 0 bridgehead atoms. The van der Waals surface area contributed by atoms with Crippen LogP contribution in [0.3, 0.4) is 0 Å². The van der Waals surface area contributed by atoms with Gasteiger partial charge in [0.2, 0.25) is 5.91 Å². The molecule has 1 rings (SSSR count). The number of carboxylic acid groups (broad SMARTS) is 1. The molecular weight excluding hydrogens is 284 g/mol. The smallest absolute Gasteiger partial charge is 0.326 e. The Balaban J connectivity index is 2.76. The SMILES string of the molecule is COCCCC(Nc1ccc(C(N)=O)c(Cl)c1)C(=O)O. The zero-order chi connectivity index (χ0) is 15.1. The summed E-state index contributed by atoms with van der Waals surface area (Å²) in [4.78, 5) is 22.2. The number of hydrogen-bond donors (Lipinski definition) is 3. The number of rotatable bonds is 8. The molecular formula is C13H17ClN2O4. The van der Waals surface area contributed by atoms with Gasteiger partial charge in [-0.05, 0) is 31.0 Å². The Morgan fingerprint density at radius 2 is 2.20 bits per heavy atom. The molecule has 1 atom stereocenters. The quantitative estimate of drug-likeness (QED) is 0.635. The zero-order valence-corrected chi connectivity index (χ0v) is 11.8. The Morgan fingerprint density at radius 1 is 1.50 bits per heavy atom. The van der Waals surface area contributed by atoms with Crippen molar-refractivity contribution >= 4 is 29.2 Å². The van der Waals surface area contributed by atoms with Gasteiger partial charge in [0, 0.05) is 19.4 Å². The van der Waals surface area contributed by atoms with Crippen LogP contribution in [0.15, 0.2) is 18.2 Å². The number of carboxylic acids is 1. The van der Waals surface area contributed by atoms with Crippen molar-refractivity contribution in [2.75, 3.05) is 19.0 Å². The minimum absolute atomic E-state index is 0.184. The lowest BCUT2D eigenvalue weighted by atomic mass is 10.1. The van der Waals surface area contributed by atoms with Crippen LogP contribution in [0.5, 0.6) is 0 Å². The van der Waals surface area contributed by atoms with Crippen LogP contribution in [0.25, 0.3) is 0 Å². The first-order valence-electron chi connectivity index (χ1n) is 6.03. The number of carbonyl (C=O) groups excluding carboxylic acids is 1. The summed E-state index contributed by atoms with van der Waals surface area (Å²) < 4.78 is 4.89. The molecule has 0 saturated heterocycles. The third kappa shape index (κ3) is 4.71. The molecule has 0 saturated carbocycles. The third-order valence-electron chi connectivity index (χ3n) is 2.71. The fourth-order valence-corrected chi connectivity index (χ4v) is 1.97. The van der Waals surface area contributed by atoms with Gasteiger partial charge in [-0.25, -0.2) is 4.79 Å². The van der Waals surface area contributed by atoms with Crippen LogP contribution in [-0.2, 0) is 9.53 Å². The number of amides is 1. The van der Waals surface area contributed by atoms with Crippen molar-refractivity contribution in [1.29, 1.82) is 0 Å².